The van der Waals surface area contributed by atoms with Crippen LogP contribution in [0.4, 0.5) is 4.39 Å². The topological polar surface area (TPSA) is 68.0 Å². The molecule has 2 aromatic carbocycles. The number of nitrogens with one attached hydrogen (secondary N) is 1. The molecule has 3 rings (SSSR count). The summed E-state index contributed by atoms with van der Waals surface area (Å²) in [6, 6.07) is 16.0. The van der Waals surface area contributed by atoms with Gasteiger partial charge in [-0.15, -0.1) is 10.2 Å². The number of aryl methyl sites for hydroxylation is 1. The molecule has 0 aliphatic carbocycles. The zero-order valence-corrected chi connectivity index (χ0v) is 13.8. The zero-order chi connectivity index (χ0) is 17.6. The van der Waals surface area contributed by atoms with E-state index in [2.05, 4.69) is 15.5 Å². The molecule has 25 heavy (non-hydrogen) atoms. The molecule has 1 heterocycles. The fourth-order valence-electron chi connectivity index (χ4n) is 2.69. The van der Waals surface area contributed by atoms with Gasteiger partial charge in [-0.3, -0.25) is 4.79 Å². The molecular weight excluding hydrogens is 321 g/mol. The lowest BCUT2D eigenvalue weighted by Gasteiger charge is -2.18. The summed E-state index contributed by atoms with van der Waals surface area (Å²) in [5.41, 5.74) is 1.38. The molecule has 5 nitrogen and oxygen atoms in total. The Morgan fingerprint density at radius 3 is 2.52 bits per heavy atom. The Bertz CT molecular complexity index is 849. The van der Waals surface area contributed by atoms with Gasteiger partial charge in [-0.05, 0) is 17.2 Å². The van der Waals surface area contributed by atoms with E-state index in [1.54, 1.807) is 25.1 Å². The summed E-state index contributed by atoms with van der Waals surface area (Å²) in [5, 5.41) is 10.3. The summed E-state index contributed by atoms with van der Waals surface area (Å²) < 4.78 is 19.5. The molecule has 0 aliphatic rings. The fraction of sp³-hybridized carbons (Fsp3) is 0.211. The van der Waals surface area contributed by atoms with Crippen molar-refractivity contribution in [3.05, 3.63) is 83.3 Å². The van der Waals surface area contributed by atoms with Gasteiger partial charge in [-0.1, -0.05) is 48.5 Å². The molecule has 0 saturated carbocycles. The van der Waals surface area contributed by atoms with Crippen molar-refractivity contribution in [2.75, 3.05) is 0 Å². The van der Waals surface area contributed by atoms with Crippen molar-refractivity contribution in [2.24, 2.45) is 0 Å². The molecule has 1 amide bonds. The first-order valence-corrected chi connectivity index (χ1v) is 7.98. The second-order valence-electron chi connectivity index (χ2n) is 5.68. The molecule has 0 aliphatic heterocycles. The summed E-state index contributed by atoms with van der Waals surface area (Å²) in [6.45, 7) is 1.83. The number of halogens is 1. The third-order valence-electron chi connectivity index (χ3n) is 3.88. The van der Waals surface area contributed by atoms with Crippen molar-refractivity contribution in [1.82, 2.24) is 15.5 Å². The standard InChI is InChI=1S/C19H18FN3O2/c1-13-22-23-19(25-13)12-21-18(24)11-16(14-7-3-2-4-8-14)15-9-5-6-10-17(15)20/h2-10,16H,11-12H2,1H3,(H,21,24). The Labute approximate surface area is 144 Å². The first-order valence-electron chi connectivity index (χ1n) is 7.98. The average Bonchev–Trinajstić information content (AvgIpc) is 3.05. The van der Waals surface area contributed by atoms with E-state index in [0.717, 1.165) is 5.56 Å². The van der Waals surface area contributed by atoms with Crippen molar-refractivity contribution in [3.63, 3.8) is 0 Å². The van der Waals surface area contributed by atoms with Crippen LogP contribution >= 0.6 is 0 Å². The Balaban J connectivity index is 1.76. The first kappa shape index (κ1) is 16.8. The summed E-state index contributed by atoms with van der Waals surface area (Å²) in [5.74, 6) is -0.123. The molecular formula is C19H18FN3O2. The maximum Gasteiger partial charge on any atom is 0.235 e. The highest BCUT2D eigenvalue weighted by Gasteiger charge is 2.21. The lowest BCUT2D eigenvalue weighted by Crippen LogP contribution is -2.25. The van der Waals surface area contributed by atoms with Crippen LogP contribution in [0, 0.1) is 12.7 Å². The summed E-state index contributed by atoms with van der Waals surface area (Å²) in [6.07, 6.45) is 0.123. The van der Waals surface area contributed by atoms with Gasteiger partial charge in [-0.25, -0.2) is 4.39 Å². The van der Waals surface area contributed by atoms with Crippen LogP contribution in [0.3, 0.4) is 0 Å². The van der Waals surface area contributed by atoms with Crippen molar-refractivity contribution in [2.45, 2.75) is 25.8 Å². The minimum atomic E-state index is -0.369. The van der Waals surface area contributed by atoms with E-state index in [4.69, 9.17) is 4.42 Å². The molecule has 1 aromatic heterocycles. The van der Waals surface area contributed by atoms with Crippen molar-refractivity contribution < 1.29 is 13.6 Å². The molecule has 1 atom stereocenters. The Kier molecular flexibility index (Phi) is 5.18. The zero-order valence-electron chi connectivity index (χ0n) is 13.8. The van der Waals surface area contributed by atoms with Gasteiger partial charge in [0.25, 0.3) is 0 Å². The van der Waals surface area contributed by atoms with E-state index >= 15 is 0 Å². The third kappa shape index (κ3) is 4.29. The van der Waals surface area contributed by atoms with Crippen LogP contribution < -0.4 is 5.32 Å². The molecule has 0 fully saturated rings. The highest BCUT2D eigenvalue weighted by molar-refractivity contribution is 5.77. The summed E-state index contributed by atoms with van der Waals surface area (Å²) in [7, 11) is 0. The van der Waals surface area contributed by atoms with Crippen LogP contribution in [-0.2, 0) is 11.3 Å². The number of rotatable bonds is 6. The number of benzene rings is 2. The predicted octanol–water partition coefficient (Wildman–Crippen LogP) is 3.36. The van der Waals surface area contributed by atoms with E-state index in [9.17, 15) is 9.18 Å². The van der Waals surface area contributed by atoms with Crippen molar-refractivity contribution >= 4 is 5.91 Å². The second-order valence-corrected chi connectivity index (χ2v) is 5.68. The fourth-order valence-corrected chi connectivity index (χ4v) is 2.69. The van der Waals surface area contributed by atoms with Gasteiger partial charge in [-0.2, -0.15) is 0 Å². The molecule has 1 unspecified atom stereocenters. The first-order chi connectivity index (χ1) is 12.1. The Hall–Kier alpha value is -3.02. The monoisotopic (exact) mass is 339 g/mol. The molecule has 0 radical (unpaired) electrons. The quantitative estimate of drug-likeness (QED) is 0.748. The highest BCUT2D eigenvalue weighted by atomic mass is 19.1. The summed E-state index contributed by atoms with van der Waals surface area (Å²) >= 11 is 0. The van der Waals surface area contributed by atoms with Gasteiger partial charge >= 0.3 is 0 Å². The normalized spacial score (nSPS) is 11.9. The predicted molar refractivity (Wildman–Crippen MR) is 90.2 cm³/mol. The maximum atomic E-state index is 14.3. The van der Waals surface area contributed by atoms with E-state index in [-0.39, 0.29) is 30.6 Å². The van der Waals surface area contributed by atoms with Crippen molar-refractivity contribution in [1.29, 1.82) is 0 Å². The number of hydrogen-bond acceptors (Lipinski definition) is 4. The van der Waals surface area contributed by atoms with Gasteiger partial charge in [0.05, 0.1) is 6.54 Å². The number of aromatic nitrogens is 2. The van der Waals surface area contributed by atoms with Crippen LogP contribution in [0.1, 0.15) is 35.2 Å². The Morgan fingerprint density at radius 1 is 1.12 bits per heavy atom. The maximum absolute atomic E-state index is 14.3. The lowest BCUT2D eigenvalue weighted by atomic mass is 9.88. The molecule has 6 heteroatoms. The van der Waals surface area contributed by atoms with Crippen LogP contribution in [0.25, 0.3) is 0 Å². The largest absolute Gasteiger partial charge is 0.424 e. The number of carbonyl (C=O) groups excluding carboxylic acids is 1. The van der Waals surface area contributed by atoms with E-state index in [1.165, 1.54) is 6.07 Å². The number of amides is 1. The molecule has 128 valence electrons. The summed E-state index contributed by atoms with van der Waals surface area (Å²) in [4.78, 5) is 12.4. The molecule has 0 bridgehead atoms. The SMILES string of the molecule is Cc1nnc(CNC(=O)CC(c2ccccc2)c2ccccc2F)o1. The molecule has 0 spiro atoms. The third-order valence-corrected chi connectivity index (χ3v) is 3.88. The van der Waals surface area contributed by atoms with Crippen LogP contribution in [-0.4, -0.2) is 16.1 Å². The van der Waals surface area contributed by atoms with Gasteiger partial charge < -0.3 is 9.73 Å². The average molecular weight is 339 g/mol. The lowest BCUT2D eigenvalue weighted by molar-refractivity contribution is -0.121. The van der Waals surface area contributed by atoms with Gasteiger partial charge in [0.1, 0.15) is 5.82 Å². The van der Waals surface area contributed by atoms with Gasteiger partial charge in [0.2, 0.25) is 17.7 Å². The molecule has 1 N–H and O–H groups in total. The molecule has 0 saturated heterocycles. The Morgan fingerprint density at radius 2 is 1.84 bits per heavy atom. The van der Waals surface area contributed by atoms with Crippen LogP contribution in [0.15, 0.2) is 59.0 Å². The van der Waals surface area contributed by atoms with Crippen molar-refractivity contribution in [3.8, 4) is 0 Å². The van der Waals surface area contributed by atoms with Gasteiger partial charge in [0.15, 0.2) is 0 Å². The minimum Gasteiger partial charge on any atom is -0.424 e. The molecule has 3 aromatic rings. The van der Waals surface area contributed by atoms with Crippen LogP contribution in [0.2, 0.25) is 0 Å². The highest BCUT2D eigenvalue weighted by Crippen LogP contribution is 2.29. The van der Waals surface area contributed by atoms with Crippen LogP contribution in [0.5, 0.6) is 0 Å². The number of carbonyl (C=O) groups is 1. The van der Waals surface area contributed by atoms with Gasteiger partial charge in [0, 0.05) is 19.3 Å². The van der Waals surface area contributed by atoms with E-state index in [0.29, 0.717) is 17.3 Å². The smallest absolute Gasteiger partial charge is 0.235 e. The second kappa shape index (κ2) is 7.70. The van der Waals surface area contributed by atoms with E-state index < -0.39 is 0 Å². The van der Waals surface area contributed by atoms with E-state index in [1.807, 2.05) is 30.3 Å². The minimum absolute atomic E-state index is 0.123. The number of hydrogen-bond donors (Lipinski definition) is 1. The number of nitrogens with zero attached hydrogens (tertiary/aromatic N) is 2.